The maximum atomic E-state index is 5.96. The van der Waals surface area contributed by atoms with Gasteiger partial charge in [0.05, 0.1) is 0 Å². The Morgan fingerprint density at radius 2 is 1.83 bits per heavy atom. The maximum Gasteiger partial charge on any atom is 0.0422 e. The van der Waals surface area contributed by atoms with E-state index in [1.54, 1.807) is 0 Å². The van der Waals surface area contributed by atoms with Crippen molar-refractivity contribution < 1.29 is 0 Å². The molecule has 1 atom stereocenters. The van der Waals surface area contributed by atoms with Gasteiger partial charge in [-0.25, -0.2) is 0 Å². The predicted molar refractivity (Wildman–Crippen MR) is 80.8 cm³/mol. The molecule has 3 nitrogen and oxygen atoms in total. The predicted octanol–water partition coefficient (Wildman–Crippen LogP) is 2.24. The van der Waals surface area contributed by atoms with Crippen molar-refractivity contribution in [3.63, 3.8) is 0 Å². The molecule has 1 unspecified atom stereocenters. The molecule has 0 amide bonds. The Hall–Kier alpha value is -0.480. The summed E-state index contributed by atoms with van der Waals surface area (Å²) in [6.45, 7) is 4.08. The van der Waals surface area contributed by atoms with Crippen LogP contribution in [0.3, 0.4) is 0 Å². The first-order chi connectivity index (χ1) is 8.63. The fourth-order valence-corrected chi connectivity index (χ4v) is 2.38. The van der Waals surface area contributed by atoms with E-state index in [0.29, 0.717) is 18.3 Å². The minimum Gasteiger partial charge on any atom is -0.369 e. The van der Waals surface area contributed by atoms with E-state index >= 15 is 0 Å². The molecule has 0 aliphatic heterocycles. The van der Waals surface area contributed by atoms with Crippen LogP contribution in [0.1, 0.15) is 17.2 Å². The topological polar surface area (TPSA) is 55.3 Å². The van der Waals surface area contributed by atoms with Crippen LogP contribution >= 0.6 is 23.2 Å². The highest BCUT2D eigenvalue weighted by Gasteiger charge is 2.10. The summed E-state index contributed by atoms with van der Waals surface area (Å²) in [7, 11) is 0. The van der Waals surface area contributed by atoms with Gasteiger partial charge >= 0.3 is 0 Å². The highest BCUT2D eigenvalue weighted by Crippen LogP contribution is 2.22. The minimum absolute atomic E-state index is 0.103. The molecule has 102 valence electrons. The van der Waals surface area contributed by atoms with E-state index in [1.165, 1.54) is 0 Å². The summed E-state index contributed by atoms with van der Waals surface area (Å²) in [5.41, 5.74) is 14.9. The standard InChI is InChI=1S/C13H21Cl2N3/c1-10-8-11(18(6-4-14)7-5-15)2-3-12(10)13(17)9-16/h2-3,8,13H,4-7,9,16-17H2,1H3. The average molecular weight is 290 g/mol. The van der Waals surface area contributed by atoms with Gasteiger partial charge in [0, 0.05) is 43.1 Å². The summed E-state index contributed by atoms with van der Waals surface area (Å²) in [5, 5.41) is 0. The van der Waals surface area contributed by atoms with Crippen LogP contribution in [-0.2, 0) is 0 Å². The lowest BCUT2D eigenvalue weighted by atomic mass is 10.0. The molecule has 1 rings (SSSR count). The molecule has 0 radical (unpaired) electrons. The number of aryl methyl sites for hydroxylation is 1. The largest absolute Gasteiger partial charge is 0.369 e. The van der Waals surface area contributed by atoms with E-state index in [2.05, 4.69) is 17.0 Å². The van der Waals surface area contributed by atoms with Gasteiger partial charge in [-0.2, -0.15) is 0 Å². The molecule has 18 heavy (non-hydrogen) atoms. The SMILES string of the molecule is Cc1cc(N(CCCl)CCCl)ccc1C(N)CN. The van der Waals surface area contributed by atoms with Crippen LogP contribution in [-0.4, -0.2) is 31.4 Å². The van der Waals surface area contributed by atoms with Crippen LogP contribution in [0.4, 0.5) is 5.69 Å². The molecule has 1 aromatic carbocycles. The fourth-order valence-electron chi connectivity index (χ4n) is 1.97. The Labute approximate surface area is 119 Å². The third-order valence-corrected chi connectivity index (χ3v) is 3.32. The lowest BCUT2D eigenvalue weighted by Gasteiger charge is -2.24. The molecule has 0 bridgehead atoms. The second kappa shape index (κ2) is 7.85. The summed E-state index contributed by atoms with van der Waals surface area (Å²) in [6.07, 6.45) is 0. The van der Waals surface area contributed by atoms with Crippen molar-refractivity contribution in [2.75, 3.05) is 36.3 Å². The minimum atomic E-state index is -0.103. The number of anilines is 1. The average Bonchev–Trinajstić information content (AvgIpc) is 2.37. The zero-order valence-electron chi connectivity index (χ0n) is 10.7. The molecule has 0 aliphatic rings. The molecule has 5 heteroatoms. The number of hydrogen-bond acceptors (Lipinski definition) is 3. The Bertz CT molecular complexity index is 365. The quantitative estimate of drug-likeness (QED) is 0.757. The van der Waals surface area contributed by atoms with Crippen molar-refractivity contribution in [3.8, 4) is 0 Å². The van der Waals surface area contributed by atoms with Gasteiger partial charge in [-0.05, 0) is 30.2 Å². The van der Waals surface area contributed by atoms with E-state index in [9.17, 15) is 0 Å². The van der Waals surface area contributed by atoms with E-state index in [4.69, 9.17) is 34.7 Å². The Balaban J connectivity index is 2.93. The lowest BCUT2D eigenvalue weighted by molar-refractivity contribution is 0.731. The second-order valence-corrected chi connectivity index (χ2v) is 5.00. The summed E-state index contributed by atoms with van der Waals surface area (Å²) < 4.78 is 0. The first kappa shape index (κ1) is 15.6. The Morgan fingerprint density at radius 1 is 1.22 bits per heavy atom. The van der Waals surface area contributed by atoms with Crippen LogP contribution in [0.15, 0.2) is 18.2 Å². The van der Waals surface area contributed by atoms with Crippen molar-refractivity contribution in [2.24, 2.45) is 11.5 Å². The number of hydrogen-bond donors (Lipinski definition) is 2. The molecule has 0 aliphatic carbocycles. The summed E-state index contributed by atoms with van der Waals surface area (Å²) in [5.74, 6) is 1.17. The van der Waals surface area contributed by atoms with Gasteiger partial charge in [-0.15, -0.1) is 23.2 Å². The van der Waals surface area contributed by atoms with Crippen molar-refractivity contribution >= 4 is 28.9 Å². The monoisotopic (exact) mass is 289 g/mol. The highest BCUT2D eigenvalue weighted by atomic mass is 35.5. The van der Waals surface area contributed by atoms with E-state index in [-0.39, 0.29) is 6.04 Å². The van der Waals surface area contributed by atoms with Gasteiger partial charge in [0.25, 0.3) is 0 Å². The fraction of sp³-hybridized carbons (Fsp3) is 0.538. The molecule has 0 aromatic heterocycles. The van der Waals surface area contributed by atoms with E-state index in [1.807, 2.05) is 13.0 Å². The van der Waals surface area contributed by atoms with Gasteiger partial charge in [0.1, 0.15) is 0 Å². The van der Waals surface area contributed by atoms with Crippen molar-refractivity contribution in [1.29, 1.82) is 0 Å². The van der Waals surface area contributed by atoms with E-state index < -0.39 is 0 Å². The summed E-state index contributed by atoms with van der Waals surface area (Å²) >= 11 is 11.6. The van der Waals surface area contributed by atoms with Crippen LogP contribution in [0.25, 0.3) is 0 Å². The van der Waals surface area contributed by atoms with Gasteiger partial charge in [-0.3, -0.25) is 0 Å². The van der Waals surface area contributed by atoms with Crippen LogP contribution in [0.2, 0.25) is 0 Å². The molecule has 1 aromatic rings. The van der Waals surface area contributed by atoms with Crippen LogP contribution < -0.4 is 16.4 Å². The van der Waals surface area contributed by atoms with Gasteiger partial charge in [0.15, 0.2) is 0 Å². The maximum absolute atomic E-state index is 5.96. The number of rotatable bonds is 7. The number of halogens is 2. The van der Waals surface area contributed by atoms with Crippen LogP contribution in [0.5, 0.6) is 0 Å². The van der Waals surface area contributed by atoms with Gasteiger partial charge in [0.2, 0.25) is 0 Å². The molecule has 0 saturated heterocycles. The summed E-state index contributed by atoms with van der Waals surface area (Å²) in [6, 6.07) is 6.10. The first-order valence-corrected chi connectivity index (χ1v) is 7.14. The lowest BCUT2D eigenvalue weighted by Crippen LogP contribution is -2.28. The van der Waals surface area contributed by atoms with Crippen LogP contribution in [0, 0.1) is 6.92 Å². The number of nitrogens with two attached hydrogens (primary N) is 2. The van der Waals surface area contributed by atoms with E-state index in [0.717, 1.165) is 29.9 Å². The zero-order chi connectivity index (χ0) is 13.5. The summed E-state index contributed by atoms with van der Waals surface area (Å²) in [4.78, 5) is 2.17. The van der Waals surface area contributed by atoms with Gasteiger partial charge in [-0.1, -0.05) is 6.07 Å². The molecular formula is C13H21Cl2N3. The molecule has 0 fully saturated rings. The number of nitrogens with zero attached hydrogens (tertiary/aromatic N) is 1. The third-order valence-electron chi connectivity index (χ3n) is 2.98. The number of alkyl halides is 2. The Morgan fingerprint density at radius 3 is 2.28 bits per heavy atom. The molecule has 0 saturated carbocycles. The number of benzene rings is 1. The van der Waals surface area contributed by atoms with Crippen molar-refractivity contribution in [1.82, 2.24) is 0 Å². The second-order valence-electron chi connectivity index (χ2n) is 4.25. The smallest absolute Gasteiger partial charge is 0.0422 e. The Kier molecular flexibility index (Phi) is 6.79. The molecular weight excluding hydrogens is 269 g/mol. The highest BCUT2D eigenvalue weighted by molar-refractivity contribution is 6.18. The third kappa shape index (κ3) is 4.02. The van der Waals surface area contributed by atoms with Crippen molar-refractivity contribution in [3.05, 3.63) is 29.3 Å². The van der Waals surface area contributed by atoms with Crippen molar-refractivity contribution in [2.45, 2.75) is 13.0 Å². The molecule has 0 spiro atoms. The van der Waals surface area contributed by atoms with Gasteiger partial charge < -0.3 is 16.4 Å². The zero-order valence-corrected chi connectivity index (χ0v) is 12.2. The molecule has 4 N–H and O–H groups in total. The normalized spacial score (nSPS) is 12.5. The first-order valence-electron chi connectivity index (χ1n) is 6.07. The molecule has 0 heterocycles.